The number of nitrogens with zero attached hydrogens (tertiary/aromatic N) is 2. The minimum Gasteiger partial charge on any atom is -0.497 e. The first kappa shape index (κ1) is 51.8. The smallest absolute Gasteiger partial charge is 0.416 e. The number of carbonyl (C=O) groups is 2. The Kier molecular flexibility index (Phi) is 15.7. The molecule has 7 aromatic carbocycles. The van der Waals surface area contributed by atoms with Crippen LogP contribution in [0.5, 0.6) is 11.5 Å². The van der Waals surface area contributed by atoms with E-state index in [9.17, 15) is 35.9 Å². The van der Waals surface area contributed by atoms with Crippen LogP contribution < -0.4 is 9.47 Å². The Hall–Kier alpha value is -7.53. The summed E-state index contributed by atoms with van der Waals surface area (Å²) in [6.07, 6.45) is -8.92. The number of carbonyl (C=O) groups excluding carboxylic acids is 2. The van der Waals surface area contributed by atoms with Crippen LogP contribution in [0, 0.1) is 3.57 Å². The average Bonchev–Trinajstić information content (AvgIpc) is 3.86. The van der Waals surface area contributed by atoms with Crippen LogP contribution in [0.25, 0.3) is 55.2 Å². The largest absolute Gasteiger partial charge is 0.497 e. The third kappa shape index (κ3) is 11.4. The highest BCUT2D eigenvalue weighted by Crippen LogP contribution is 2.40. The van der Waals surface area contributed by atoms with E-state index >= 15 is 0 Å². The quantitative estimate of drug-likeness (QED) is 0.0650. The van der Waals surface area contributed by atoms with Gasteiger partial charge in [-0.2, -0.15) is 26.3 Å². The molecule has 0 spiro atoms. The molecule has 73 heavy (non-hydrogen) atoms. The molecule has 374 valence electrons. The van der Waals surface area contributed by atoms with Crippen molar-refractivity contribution in [3.8, 4) is 44.9 Å². The molecule has 0 aliphatic rings. The third-order valence-corrected chi connectivity index (χ3v) is 13.2. The molecule has 0 unspecified atom stereocenters. The zero-order valence-electron chi connectivity index (χ0n) is 39.9. The van der Waals surface area contributed by atoms with E-state index in [0.29, 0.717) is 37.2 Å². The van der Waals surface area contributed by atoms with Gasteiger partial charge in [0.15, 0.2) is 0 Å². The predicted octanol–water partition coefficient (Wildman–Crippen LogP) is 15.4. The lowest BCUT2D eigenvalue weighted by atomic mass is 9.98. The highest BCUT2D eigenvalue weighted by atomic mass is 127. The molecule has 0 atom stereocenters. The van der Waals surface area contributed by atoms with Crippen molar-refractivity contribution >= 4 is 56.3 Å². The molecule has 15 heteroatoms. The number of rotatable bonds is 13. The van der Waals surface area contributed by atoms with Crippen LogP contribution in [0.1, 0.15) is 57.1 Å². The van der Waals surface area contributed by atoms with Gasteiger partial charge < -0.3 is 28.1 Å². The van der Waals surface area contributed by atoms with Gasteiger partial charge in [-0.05, 0) is 148 Å². The number of aromatic nitrogens is 2. The summed E-state index contributed by atoms with van der Waals surface area (Å²) in [7, 11) is 3.21. The SMILES string of the molecule is CCOC(=O)c1c(-c2ccccc2)c2cc(-c3ccc(OC)cc3)ccc2n1Cc1cccc(C(F)(F)F)c1.CCOC(=O)c1c(I)c2cc(-c3ccc(OC)cc3)ccc2n1Cc1cccc(C(F)(F)F)c1. The molecule has 2 aromatic heterocycles. The van der Waals surface area contributed by atoms with Gasteiger partial charge in [-0.1, -0.05) is 91.0 Å². The molecule has 2 heterocycles. The summed E-state index contributed by atoms with van der Waals surface area (Å²) in [5.41, 5.74) is 6.74. The summed E-state index contributed by atoms with van der Waals surface area (Å²) in [5, 5.41) is 1.62. The Labute approximate surface area is 430 Å². The second-order valence-electron chi connectivity index (χ2n) is 16.7. The van der Waals surface area contributed by atoms with E-state index in [1.807, 2.05) is 115 Å². The van der Waals surface area contributed by atoms with Gasteiger partial charge in [0, 0.05) is 34.9 Å². The van der Waals surface area contributed by atoms with E-state index in [1.165, 1.54) is 12.1 Å². The molecule has 0 saturated carbocycles. The number of esters is 2. The molecular formula is C58H47F6IN2O6. The van der Waals surface area contributed by atoms with E-state index in [2.05, 4.69) is 22.6 Å². The topological polar surface area (TPSA) is 80.9 Å². The number of hydrogen-bond donors (Lipinski definition) is 0. The van der Waals surface area contributed by atoms with Crippen molar-refractivity contribution in [3.05, 3.63) is 201 Å². The van der Waals surface area contributed by atoms with Gasteiger partial charge >= 0.3 is 24.3 Å². The van der Waals surface area contributed by atoms with Crippen molar-refractivity contribution in [2.45, 2.75) is 39.3 Å². The number of benzene rings is 7. The van der Waals surface area contributed by atoms with Gasteiger partial charge in [0.1, 0.15) is 22.9 Å². The third-order valence-electron chi connectivity index (χ3n) is 12.1. The first-order valence-corrected chi connectivity index (χ1v) is 24.1. The Morgan fingerprint density at radius 1 is 0.479 bits per heavy atom. The second-order valence-corrected chi connectivity index (χ2v) is 17.8. The van der Waals surface area contributed by atoms with Crippen LogP contribution in [0.15, 0.2) is 164 Å². The lowest BCUT2D eigenvalue weighted by Crippen LogP contribution is -2.14. The number of methoxy groups -OCH3 is 2. The maximum absolute atomic E-state index is 13.5. The minimum absolute atomic E-state index is 0.0588. The fourth-order valence-electron chi connectivity index (χ4n) is 8.69. The second kappa shape index (κ2) is 22.1. The zero-order chi connectivity index (χ0) is 52.0. The van der Waals surface area contributed by atoms with Crippen LogP contribution in [0.2, 0.25) is 0 Å². The van der Waals surface area contributed by atoms with E-state index in [4.69, 9.17) is 18.9 Å². The maximum Gasteiger partial charge on any atom is 0.416 e. The first-order chi connectivity index (χ1) is 35.0. The molecular weight excluding hydrogens is 1060 g/mol. The molecule has 0 aliphatic carbocycles. The van der Waals surface area contributed by atoms with Crippen molar-refractivity contribution in [2.75, 3.05) is 27.4 Å². The van der Waals surface area contributed by atoms with Crippen molar-refractivity contribution in [3.63, 3.8) is 0 Å². The molecule has 0 fully saturated rings. The summed E-state index contributed by atoms with van der Waals surface area (Å²) in [6, 6.07) is 46.7. The normalized spacial score (nSPS) is 11.5. The zero-order valence-corrected chi connectivity index (χ0v) is 42.1. The van der Waals surface area contributed by atoms with Gasteiger partial charge in [0.25, 0.3) is 0 Å². The van der Waals surface area contributed by atoms with Gasteiger partial charge in [0.2, 0.25) is 0 Å². The van der Waals surface area contributed by atoms with Gasteiger partial charge in [0.05, 0.1) is 47.6 Å². The number of ether oxygens (including phenoxy) is 4. The summed E-state index contributed by atoms with van der Waals surface area (Å²) < 4.78 is 105. The Bertz CT molecular complexity index is 3420. The highest BCUT2D eigenvalue weighted by molar-refractivity contribution is 14.1. The summed E-state index contributed by atoms with van der Waals surface area (Å²) in [4.78, 5) is 26.3. The van der Waals surface area contributed by atoms with Gasteiger partial charge in [-0.15, -0.1) is 0 Å². The van der Waals surface area contributed by atoms with Crippen molar-refractivity contribution < 1.29 is 54.9 Å². The summed E-state index contributed by atoms with van der Waals surface area (Å²) >= 11 is 2.10. The van der Waals surface area contributed by atoms with E-state index in [1.54, 1.807) is 49.3 Å². The van der Waals surface area contributed by atoms with E-state index in [0.717, 1.165) is 79.9 Å². The van der Waals surface area contributed by atoms with Crippen LogP contribution in [0.4, 0.5) is 26.3 Å². The van der Waals surface area contributed by atoms with E-state index in [-0.39, 0.29) is 26.3 Å². The molecule has 0 radical (unpaired) electrons. The van der Waals surface area contributed by atoms with Crippen molar-refractivity contribution in [2.24, 2.45) is 0 Å². The molecule has 0 saturated heterocycles. The van der Waals surface area contributed by atoms with Gasteiger partial charge in [-0.3, -0.25) is 0 Å². The lowest BCUT2D eigenvalue weighted by Gasteiger charge is -2.13. The monoisotopic (exact) mass is 1110 g/mol. The molecule has 0 amide bonds. The van der Waals surface area contributed by atoms with Crippen molar-refractivity contribution in [1.29, 1.82) is 0 Å². The number of alkyl halides is 6. The molecule has 0 aliphatic heterocycles. The molecule has 8 nitrogen and oxygen atoms in total. The predicted molar refractivity (Wildman–Crippen MR) is 279 cm³/mol. The molecule has 9 aromatic rings. The lowest BCUT2D eigenvalue weighted by molar-refractivity contribution is -0.138. The molecule has 0 N–H and O–H groups in total. The van der Waals surface area contributed by atoms with Crippen LogP contribution in [-0.4, -0.2) is 48.5 Å². The maximum atomic E-state index is 13.5. The first-order valence-electron chi connectivity index (χ1n) is 23.0. The summed E-state index contributed by atoms with van der Waals surface area (Å²) in [5.74, 6) is 0.435. The Balaban J connectivity index is 0.000000197. The van der Waals surface area contributed by atoms with Crippen LogP contribution in [-0.2, 0) is 34.9 Å². The number of fused-ring (bicyclic) bond motifs is 2. The summed E-state index contributed by atoms with van der Waals surface area (Å²) in [6.45, 7) is 3.95. The van der Waals surface area contributed by atoms with Crippen molar-refractivity contribution in [1.82, 2.24) is 9.13 Å². The van der Waals surface area contributed by atoms with E-state index < -0.39 is 35.4 Å². The fourth-order valence-corrected chi connectivity index (χ4v) is 9.63. The highest BCUT2D eigenvalue weighted by Gasteiger charge is 2.32. The molecule has 0 bridgehead atoms. The van der Waals surface area contributed by atoms with Gasteiger partial charge in [-0.25, -0.2) is 9.59 Å². The molecule has 9 rings (SSSR count). The van der Waals surface area contributed by atoms with Crippen LogP contribution in [0.3, 0.4) is 0 Å². The Morgan fingerprint density at radius 3 is 1.36 bits per heavy atom. The minimum atomic E-state index is -4.47. The number of hydrogen-bond acceptors (Lipinski definition) is 6. The average molecular weight is 1110 g/mol. The Morgan fingerprint density at radius 2 is 0.904 bits per heavy atom. The van der Waals surface area contributed by atoms with Crippen LogP contribution >= 0.6 is 22.6 Å². The fraction of sp³-hybridized carbons (Fsp3) is 0.172. The standard InChI is InChI=1S/C32H26F3NO3.C26H21F3INO3/c1-3-39-31(37)30-29(23-9-5-4-6-10-23)27-19-24(22-12-15-26(38-2)16-13-22)14-17-28(27)36(30)20-21-8-7-11-25(18-21)32(33,34)35;1-3-34-25(32)24-23(30)21-14-18(17-7-10-20(33-2)11-8-17)9-12-22(21)31(24)15-16-5-4-6-19(13-16)26(27,28)29/h4-19H,3,20H2,1-2H3;4-14H,3,15H2,1-2H3. The number of halogens is 7.